The summed E-state index contributed by atoms with van der Waals surface area (Å²) in [5.41, 5.74) is 1.38. The first-order valence-corrected chi connectivity index (χ1v) is 5.43. The predicted octanol–water partition coefficient (Wildman–Crippen LogP) is 2.77. The fourth-order valence-electron chi connectivity index (χ4n) is 1.69. The van der Waals surface area contributed by atoms with E-state index in [1.165, 1.54) is 25.3 Å². The zero-order chi connectivity index (χ0) is 13.1. The zero-order valence-corrected chi connectivity index (χ0v) is 10.1. The maximum absolute atomic E-state index is 13.5. The number of ether oxygens (including phenoxy) is 1. The quantitative estimate of drug-likeness (QED) is 0.780. The zero-order valence-electron chi connectivity index (χ0n) is 10.1. The Morgan fingerprint density at radius 1 is 1.33 bits per heavy atom. The number of ketones is 1. The number of benzene rings is 1. The van der Waals surface area contributed by atoms with Crippen LogP contribution in [-0.2, 0) is 0 Å². The van der Waals surface area contributed by atoms with E-state index in [4.69, 9.17) is 4.74 Å². The number of carbonyl (C=O) groups is 1. The second-order valence-corrected chi connectivity index (χ2v) is 3.81. The van der Waals surface area contributed by atoms with Crippen LogP contribution in [0.3, 0.4) is 0 Å². The fourth-order valence-corrected chi connectivity index (χ4v) is 1.69. The van der Waals surface area contributed by atoms with Crippen molar-refractivity contribution < 1.29 is 13.9 Å². The number of hydrogen-bond acceptors (Lipinski definition) is 3. The molecule has 0 aliphatic carbocycles. The summed E-state index contributed by atoms with van der Waals surface area (Å²) in [5.74, 6) is -0.679. The van der Waals surface area contributed by atoms with E-state index in [0.717, 1.165) is 0 Å². The predicted molar refractivity (Wildman–Crippen MR) is 65.4 cm³/mol. The minimum Gasteiger partial charge on any atom is -0.494 e. The van der Waals surface area contributed by atoms with E-state index in [1.807, 2.05) is 0 Å². The Balaban J connectivity index is 2.41. The van der Waals surface area contributed by atoms with Crippen molar-refractivity contribution in [2.75, 3.05) is 7.11 Å². The van der Waals surface area contributed by atoms with Gasteiger partial charge in [0, 0.05) is 23.0 Å². The van der Waals surface area contributed by atoms with Crippen LogP contribution in [0, 0.1) is 12.7 Å². The normalized spacial score (nSPS) is 10.2. The Bertz CT molecular complexity index is 596. The molecule has 92 valence electrons. The topological polar surface area (TPSA) is 39.2 Å². The van der Waals surface area contributed by atoms with Crippen LogP contribution in [0.25, 0.3) is 0 Å². The molecule has 0 unspecified atom stereocenters. The molecule has 1 heterocycles. The van der Waals surface area contributed by atoms with Gasteiger partial charge in [0.15, 0.2) is 17.3 Å². The van der Waals surface area contributed by atoms with E-state index in [0.29, 0.717) is 11.3 Å². The first kappa shape index (κ1) is 12.2. The average Bonchev–Trinajstić information content (AvgIpc) is 2.38. The number of halogens is 1. The second-order valence-electron chi connectivity index (χ2n) is 3.81. The number of nitrogens with zero attached hydrogens (tertiary/aromatic N) is 1. The van der Waals surface area contributed by atoms with Crippen LogP contribution in [0.15, 0.2) is 36.5 Å². The van der Waals surface area contributed by atoms with Crippen molar-refractivity contribution >= 4 is 5.78 Å². The van der Waals surface area contributed by atoms with Gasteiger partial charge in [-0.2, -0.15) is 0 Å². The maximum atomic E-state index is 13.5. The molecule has 2 aromatic rings. The van der Waals surface area contributed by atoms with Crippen LogP contribution in [-0.4, -0.2) is 17.9 Å². The van der Waals surface area contributed by atoms with Crippen molar-refractivity contribution in [1.29, 1.82) is 0 Å². The molecular weight excluding hydrogens is 233 g/mol. The Labute approximate surface area is 104 Å². The standard InChI is InChI=1S/C14H12FNO2/c1-9-11(4-3-7-16-9)14(17)10-5-6-13(18-2)12(15)8-10/h3-8H,1-2H3. The molecule has 1 aromatic carbocycles. The van der Waals surface area contributed by atoms with Crippen molar-refractivity contribution in [1.82, 2.24) is 4.98 Å². The van der Waals surface area contributed by atoms with Gasteiger partial charge in [-0.15, -0.1) is 0 Å². The van der Waals surface area contributed by atoms with E-state index in [1.54, 1.807) is 25.3 Å². The van der Waals surface area contributed by atoms with Gasteiger partial charge in [0.25, 0.3) is 0 Å². The highest BCUT2D eigenvalue weighted by atomic mass is 19.1. The molecule has 0 saturated carbocycles. The number of methoxy groups -OCH3 is 1. The lowest BCUT2D eigenvalue weighted by molar-refractivity contribution is 0.103. The second kappa shape index (κ2) is 4.96. The summed E-state index contributed by atoms with van der Waals surface area (Å²) in [6, 6.07) is 7.51. The molecule has 0 aliphatic rings. The van der Waals surface area contributed by atoms with E-state index in [-0.39, 0.29) is 17.1 Å². The first-order valence-electron chi connectivity index (χ1n) is 5.43. The summed E-state index contributed by atoms with van der Waals surface area (Å²) in [6.07, 6.45) is 1.61. The molecule has 3 nitrogen and oxygen atoms in total. The van der Waals surface area contributed by atoms with Crippen molar-refractivity contribution in [3.8, 4) is 5.75 Å². The van der Waals surface area contributed by atoms with Gasteiger partial charge in [0.1, 0.15) is 0 Å². The number of hydrogen-bond donors (Lipinski definition) is 0. The summed E-state index contributed by atoms with van der Waals surface area (Å²) >= 11 is 0. The van der Waals surface area contributed by atoms with Crippen LogP contribution >= 0.6 is 0 Å². The molecule has 4 heteroatoms. The third kappa shape index (κ3) is 2.22. The highest BCUT2D eigenvalue weighted by Crippen LogP contribution is 2.20. The summed E-state index contributed by atoms with van der Waals surface area (Å²) in [5, 5.41) is 0. The number of rotatable bonds is 3. The molecule has 18 heavy (non-hydrogen) atoms. The molecule has 0 aliphatic heterocycles. The molecule has 0 radical (unpaired) electrons. The largest absolute Gasteiger partial charge is 0.494 e. The first-order chi connectivity index (χ1) is 8.63. The molecule has 0 spiro atoms. The van der Waals surface area contributed by atoms with Crippen LogP contribution in [0.4, 0.5) is 4.39 Å². The molecule has 1 aromatic heterocycles. The molecule has 0 atom stereocenters. The molecular formula is C14H12FNO2. The van der Waals surface area contributed by atoms with Gasteiger partial charge < -0.3 is 4.74 Å². The Hall–Kier alpha value is -2.23. The summed E-state index contributed by atoms with van der Waals surface area (Å²) in [4.78, 5) is 16.2. The van der Waals surface area contributed by atoms with Crippen molar-refractivity contribution in [3.63, 3.8) is 0 Å². The van der Waals surface area contributed by atoms with Gasteiger partial charge in [-0.1, -0.05) is 0 Å². The molecule has 0 amide bonds. The average molecular weight is 245 g/mol. The number of aromatic nitrogens is 1. The van der Waals surface area contributed by atoms with Gasteiger partial charge in [-0.25, -0.2) is 4.39 Å². The highest BCUT2D eigenvalue weighted by molar-refractivity contribution is 6.09. The minimum atomic E-state index is -0.551. The SMILES string of the molecule is COc1ccc(C(=O)c2cccnc2C)cc1F. The van der Waals surface area contributed by atoms with Crippen molar-refractivity contribution in [2.45, 2.75) is 6.92 Å². The van der Waals surface area contributed by atoms with Crippen LogP contribution in [0.5, 0.6) is 5.75 Å². The Morgan fingerprint density at radius 2 is 2.11 bits per heavy atom. The summed E-state index contributed by atoms with van der Waals surface area (Å²) in [6.45, 7) is 1.74. The number of pyridine rings is 1. The van der Waals surface area contributed by atoms with E-state index >= 15 is 0 Å². The minimum absolute atomic E-state index is 0.120. The van der Waals surface area contributed by atoms with Crippen molar-refractivity contribution in [2.24, 2.45) is 0 Å². The molecule has 0 fully saturated rings. The van der Waals surface area contributed by atoms with Crippen LogP contribution in [0.1, 0.15) is 21.6 Å². The number of aryl methyl sites for hydroxylation is 1. The molecule has 0 bridgehead atoms. The van der Waals surface area contributed by atoms with Gasteiger partial charge in [-0.3, -0.25) is 9.78 Å². The van der Waals surface area contributed by atoms with E-state index < -0.39 is 5.82 Å². The lowest BCUT2D eigenvalue weighted by Crippen LogP contribution is -2.05. The third-order valence-electron chi connectivity index (χ3n) is 2.67. The van der Waals surface area contributed by atoms with Gasteiger partial charge in [0.05, 0.1) is 7.11 Å². The van der Waals surface area contributed by atoms with E-state index in [9.17, 15) is 9.18 Å². The Kier molecular flexibility index (Phi) is 3.37. The van der Waals surface area contributed by atoms with Crippen LogP contribution in [0.2, 0.25) is 0 Å². The monoisotopic (exact) mass is 245 g/mol. The van der Waals surface area contributed by atoms with E-state index in [2.05, 4.69) is 4.98 Å². The smallest absolute Gasteiger partial charge is 0.194 e. The lowest BCUT2D eigenvalue weighted by atomic mass is 10.0. The lowest BCUT2D eigenvalue weighted by Gasteiger charge is -2.06. The third-order valence-corrected chi connectivity index (χ3v) is 2.67. The van der Waals surface area contributed by atoms with Crippen LogP contribution < -0.4 is 4.74 Å². The number of carbonyl (C=O) groups excluding carboxylic acids is 1. The molecule has 2 rings (SSSR count). The summed E-state index contributed by atoms with van der Waals surface area (Å²) in [7, 11) is 1.38. The van der Waals surface area contributed by atoms with Crippen molar-refractivity contribution in [3.05, 3.63) is 59.2 Å². The fraction of sp³-hybridized carbons (Fsp3) is 0.143. The molecule has 0 N–H and O–H groups in total. The maximum Gasteiger partial charge on any atom is 0.194 e. The highest BCUT2D eigenvalue weighted by Gasteiger charge is 2.14. The summed E-state index contributed by atoms with van der Waals surface area (Å²) < 4.78 is 18.3. The molecule has 0 saturated heterocycles. The van der Waals surface area contributed by atoms with Gasteiger partial charge in [-0.05, 0) is 37.3 Å². The van der Waals surface area contributed by atoms with Gasteiger partial charge in [0.2, 0.25) is 0 Å². The Morgan fingerprint density at radius 3 is 2.72 bits per heavy atom. The van der Waals surface area contributed by atoms with Gasteiger partial charge >= 0.3 is 0 Å².